The number of ether oxygens (including phenoxy) is 4. The van der Waals surface area contributed by atoms with Crippen LogP contribution in [0.3, 0.4) is 0 Å². The Bertz CT molecular complexity index is 971. The van der Waals surface area contributed by atoms with E-state index in [0.717, 1.165) is 11.0 Å². The van der Waals surface area contributed by atoms with Crippen molar-refractivity contribution in [2.24, 2.45) is 0 Å². The Balaban J connectivity index is 1.61. The van der Waals surface area contributed by atoms with Gasteiger partial charge in [-0.1, -0.05) is 17.3 Å². The summed E-state index contributed by atoms with van der Waals surface area (Å²) >= 11 is 0. The molecule has 0 saturated heterocycles. The average molecular weight is 383 g/mol. The first kappa shape index (κ1) is 19.2. The quantitative estimate of drug-likeness (QED) is 0.437. The van der Waals surface area contributed by atoms with Crippen LogP contribution in [-0.4, -0.2) is 48.9 Å². The normalized spacial score (nSPS) is 11.0. The molecule has 0 aliphatic heterocycles. The third-order valence-electron chi connectivity index (χ3n) is 4.07. The van der Waals surface area contributed by atoms with Crippen molar-refractivity contribution >= 4 is 23.1 Å². The molecule has 0 fully saturated rings. The van der Waals surface area contributed by atoms with E-state index in [2.05, 4.69) is 10.3 Å². The summed E-state index contributed by atoms with van der Waals surface area (Å²) in [6.45, 7) is 0.607. The van der Waals surface area contributed by atoms with Crippen molar-refractivity contribution in [1.29, 1.82) is 0 Å². The number of fused-ring (bicyclic) bond motifs is 1. The molecule has 0 aliphatic rings. The molecule has 0 radical (unpaired) electrons. The molecule has 2 aromatic carbocycles. The minimum Gasteiger partial charge on any atom is -0.493 e. The maximum Gasteiger partial charge on any atom is 0.330 e. The maximum atomic E-state index is 12.0. The van der Waals surface area contributed by atoms with Crippen LogP contribution in [0.5, 0.6) is 17.2 Å². The zero-order valence-electron chi connectivity index (χ0n) is 15.9. The zero-order valence-corrected chi connectivity index (χ0v) is 15.9. The molecule has 3 aromatic rings. The number of carbonyl (C=O) groups excluding carboxylic acids is 1. The third-order valence-corrected chi connectivity index (χ3v) is 4.07. The lowest BCUT2D eigenvalue weighted by Gasteiger charge is -2.12. The van der Waals surface area contributed by atoms with Crippen molar-refractivity contribution in [2.45, 2.75) is 6.54 Å². The highest BCUT2D eigenvalue weighted by molar-refractivity contribution is 5.87. The molecular weight excluding hydrogens is 362 g/mol. The van der Waals surface area contributed by atoms with Gasteiger partial charge in [-0.15, -0.1) is 5.10 Å². The molecule has 1 heterocycles. The number of hydrogen-bond donors (Lipinski definition) is 0. The Morgan fingerprint density at radius 2 is 1.79 bits per heavy atom. The summed E-state index contributed by atoms with van der Waals surface area (Å²) < 4.78 is 22.8. The van der Waals surface area contributed by atoms with Crippen LogP contribution in [-0.2, 0) is 16.1 Å². The van der Waals surface area contributed by atoms with Gasteiger partial charge in [-0.25, -0.2) is 9.48 Å². The molecule has 8 heteroatoms. The third kappa shape index (κ3) is 4.22. The van der Waals surface area contributed by atoms with Gasteiger partial charge < -0.3 is 18.9 Å². The van der Waals surface area contributed by atoms with Crippen LogP contribution in [0.1, 0.15) is 5.56 Å². The number of para-hydroxylation sites is 1. The van der Waals surface area contributed by atoms with Crippen molar-refractivity contribution in [2.75, 3.05) is 27.9 Å². The smallest absolute Gasteiger partial charge is 0.330 e. The van der Waals surface area contributed by atoms with Gasteiger partial charge in [0.25, 0.3) is 0 Å². The molecule has 0 bridgehead atoms. The predicted octanol–water partition coefficient (Wildman–Crippen LogP) is 2.71. The van der Waals surface area contributed by atoms with Gasteiger partial charge in [0.15, 0.2) is 11.5 Å². The van der Waals surface area contributed by atoms with Gasteiger partial charge in [0.2, 0.25) is 5.75 Å². The molecule has 0 spiro atoms. The van der Waals surface area contributed by atoms with Crippen molar-refractivity contribution in [1.82, 2.24) is 15.0 Å². The number of benzene rings is 2. The van der Waals surface area contributed by atoms with Crippen molar-refractivity contribution in [3.8, 4) is 17.2 Å². The SMILES string of the molecule is COc1cc(/C=C/C(=O)OCCn2nnc3ccccc32)cc(OC)c1OC. The summed E-state index contributed by atoms with van der Waals surface area (Å²) in [5.41, 5.74) is 2.41. The van der Waals surface area contributed by atoms with E-state index in [1.807, 2.05) is 24.3 Å². The summed E-state index contributed by atoms with van der Waals surface area (Å²) in [5, 5.41) is 8.12. The van der Waals surface area contributed by atoms with Crippen molar-refractivity contribution < 1.29 is 23.7 Å². The van der Waals surface area contributed by atoms with Gasteiger partial charge in [0, 0.05) is 6.08 Å². The van der Waals surface area contributed by atoms with E-state index in [1.165, 1.54) is 27.4 Å². The van der Waals surface area contributed by atoms with Gasteiger partial charge in [-0.3, -0.25) is 0 Å². The lowest BCUT2D eigenvalue weighted by molar-refractivity contribution is -0.137. The van der Waals surface area contributed by atoms with Gasteiger partial charge >= 0.3 is 5.97 Å². The number of methoxy groups -OCH3 is 3. The van der Waals surface area contributed by atoms with Crippen LogP contribution in [0.4, 0.5) is 0 Å². The van der Waals surface area contributed by atoms with Gasteiger partial charge in [-0.05, 0) is 35.9 Å². The monoisotopic (exact) mass is 383 g/mol. The summed E-state index contributed by atoms with van der Waals surface area (Å²) in [7, 11) is 4.60. The second-order valence-electron chi connectivity index (χ2n) is 5.76. The topological polar surface area (TPSA) is 84.7 Å². The van der Waals surface area contributed by atoms with Crippen LogP contribution in [0.2, 0.25) is 0 Å². The summed E-state index contributed by atoms with van der Waals surface area (Å²) in [5.74, 6) is 1.05. The molecule has 0 N–H and O–H groups in total. The number of carbonyl (C=O) groups is 1. The Labute approximate surface area is 162 Å². The number of hydrogen-bond acceptors (Lipinski definition) is 7. The molecule has 28 heavy (non-hydrogen) atoms. The molecule has 1 aromatic heterocycles. The number of rotatable bonds is 8. The fourth-order valence-corrected chi connectivity index (χ4v) is 2.73. The number of esters is 1. The Morgan fingerprint density at radius 3 is 2.46 bits per heavy atom. The van der Waals surface area contributed by atoms with E-state index in [0.29, 0.717) is 29.4 Å². The van der Waals surface area contributed by atoms with Crippen molar-refractivity contribution in [3.05, 3.63) is 48.0 Å². The number of nitrogens with zero attached hydrogens (tertiary/aromatic N) is 3. The second kappa shape index (κ2) is 8.90. The first-order chi connectivity index (χ1) is 13.7. The number of aromatic nitrogens is 3. The highest BCUT2D eigenvalue weighted by atomic mass is 16.5. The fraction of sp³-hybridized carbons (Fsp3) is 0.250. The molecule has 146 valence electrons. The predicted molar refractivity (Wildman–Crippen MR) is 104 cm³/mol. The molecule has 0 amide bonds. The van der Waals surface area contributed by atoms with E-state index in [4.69, 9.17) is 18.9 Å². The van der Waals surface area contributed by atoms with Crippen molar-refractivity contribution in [3.63, 3.8) is 0 Å². The minimum absolute atomic E-state index is 0.186. The Morgan fingerprint density at radius 1 is 1.07 bits per heavy atom. The van der Waals surface area contributed by atoms with E-state index in [9.17, 15) is 4.79 Å². The average Bonchev–Trinajstić information content (AvgIpc) is 3.14. The zero-order chi connectivity index (χ0) is 19.9. The van der Waals surface area contributed by atoms with Crippen LogP contribution in [0, 0.1) is 0 Å². The van der Waals surface area contributed by atoms with Crippen LogP contribution in [0.25, 0.3) is 17.1 Å². The molecule has 8 nitrogen and oxygen atoms in total. The van der Waals surface area contributed by atoms with E-state index < -0.39 is 5.97 Å². The van der Waals surface area contributed by atoms with E-state index in [-0.39, 0.29) is 6.61 Å². The first-order valence-corrected chi connectivity index (χ1v) is 8.59. The minimum atomic E-state index is -0.460. The molecule has 0 saturated carbocycles. The molecular formula is C20H21N3O5. The Kier molecular flexibility index (Phi) is 6.11. The molecule has 0 aliphatic carbocycles. The summed E-state index contributed by atoms with van der Waals surface area (Å²) in [4.78, 5) is 12.0. The van der Waals surface area contributed by atoms with Gasteiger partial charge in [-0.2, -0.15) is 0 Å². The summed E-state index contributed by atoms with van der Waals surface area (Å²) in [6, 6.07) is 11.1. The van der Waals surface area contributed by atoms with Crippen LogP contribution in [0.15, 0.2) is 42.5 Å². The Hall–Kier alpha value is -3.55. The largest absolute Gasteiger partial charge is 0.493 e. The molecule has 3 rings (SSSR count). The standard InChI is InChI=1S/C20H21N3O5/c1-25-17-12-14(13-18(26-2)20(17)27-3)8-9-19(24)28-11-10-23-16-7-5-4-6-15(16)21-22-23/h4-9,12-13H,10-11H2,1-3H3/b9-8+. The summed E-state index contributed by atoms with van der Waals surface area (Å²) in [6.07, 6.45) is 2.97. The molecule has 0 atom stereocenters. The highest BCUT2D eigenvalue weighted by Gasteiger charge is 2.12. The van der Waals surface area contributed by atoms with Gasteiger partial charge in [0.05, 0.1) is 33.4 Å². The van der Waals surface area contributed by atoms with E-state index >= 15 is 0 Å². The lowest BCUT2D eigenvalue weighted by atomic mass is 10.1. The van der Waals surface area contributed by atoms with Crippen LogP contribution >= 0.6 is 0 Å². The lowest BCUT2D eigenvalue weighted by Crippen LogP contribution is -2.10. The van der Waals surface area contributed by atoms with E-state index in [1.54, 1.807) is 22.9 Å². The van der Waals surface area contributed by atoms with Crippen LogP contribution < -0.4 is 14.2 Å². The fourth-order valence-electron chi connectivity index (χ4n) is 2.73. The maximum absolute atomic E-state index is 12.0. The molecule has 0 unspecified atom stereocenters. The first-order valence-electron chi connectivity index (χ1n) is 8.59. The highest BCUT2D eigenvalue weighted by Crippen LogP contribution is 2.38. The van der Waals surface area contributed by atoms with Gasteiger partial charge in [0.1, 0.15) is 12.1 Å². The second-order valence-corrected chi connectivity index (χ2v) is 5.76.